The number of nitrogens with zero attached hydrogens (tertiary/aromatic N) is 4. The minimum Gasteiger partial charge on any atom is -0.444 e. The van der Waals surface area contributed by atoms with Crippen LogP contribution in [0.25, 0.3) is 0 Å². The largest absolute Gasteiger partial charge is 0.444 e. The summed E-state index contributed by atoms with van der Waals surface area (Å²) in [5, 5.41) is 17.0. The molecule has 0 saturated carbocycles. The van der Waals surface area contributed by atoms with Gasteiger partial charge in [0.05, 0.1) is 6.54 Å². The SMILES string of the molecule is CCn1cnnc1CNC(=NC)NCCCNC(=O)OC(C)(C)C. The molecule has 1 aromatic heterocycles. The van der Waals surface area contributed by atoms with Gasteiger partial charge in [-0.25, -0.2) is 4.79 Å². The van der Waals surface area contributed by atoms with Crippen LogP contribution in [0.1, 0.15) is 39.9 Å². The van der Waals surface area contributed by atoms with E-state index in [1.165, 1.54) is 0 Å². The van der Waals surface area contributed by atoms with Gasteiger partial charge < -0.3 is 25.3 Å². The first-order valence-corrected chi connectivity index (χ1v) is 8.13. The fourth-order valence-corrected chi connectivity index (χ4v) is 1.86. The Labute approximate surface area is 143 Å². The highest BCUT2D eigenvalue weighted by Crippen LogP contribution is 2.06. The standard InChI is InChI=1S/C15H29N7O2/c1-6-22-11-20-21-12(22)10-19-13(16-5)17-8-7-9-18-14(23)24-15(2,3)4/h11H,6-10H2,1-5H3,(H,18,23)(H2,16,17,19). The van der Waals surface area contributed by atoms with Crippen molar-refractivity contribution < 1.29 is 9.53 Å². The topological polar surface area (TPSA) is 105 Å². The third-order valence-corrected chi connectivity index (χ3v) is 2.99. The van der Waals surface area contributed by atoms with Gasteiger partial charge in [0.15, 0.2) is 11.8 Å². The van der Waals surface area contributed by atoms with Crippen molar-refractivity contribution in [2.45, 2.75) is 52.8 Å². The summed E-state index contributed by atoms with van der Waals surface area (Å²) in [6.45, 7) is 10.1. The van der Waals surface area contributed by atoms with Crippen molar-refractivity contribution in [2.24, 2.45) is 4.99 Å². The van der Waals surface area contributed by atoms with Crippen LogP contribution in [0.4, 0.5) is 4.79 Å². The number of ether oxygens (including phenoxy) is 1. The van der Waals surface area contributed by atoms with Crippen molar-refractivity contribution in [3.63, 3.8) is 0 Å². The second kappa shape index (κ2) is 9.74. The van der Waals surface area contributed by atoms with Crippen molar-refractivity contribution in [1.82, 2.24) is 30.7 Å². The maximum Gasteiger partial charge on any atom is 0.407 e. The number of aryl methyl sites for hydroxylation is 1. The predicted octanol–water partition coefficient (Wildman–Crippen LogP) is 0.878. The quantitative estimate of drug-likeness (QED) is 0.387. The zero-order valence-corrected chi connectivity index (χ0v) is 15.2. The van der Waals surface area contributed by atoms with E-state index in [4.69, 9.17) is 4.74 Å². The second-order valence-corrected chi connectivity index (χ2v) is 6.17. The number of guanidine groups is 1. The summed E-state index contributed by atoms with van der Waals surface area (Å²) in [6.07, 6.45) is 2.06. The highest BCUT2D eigenvalue weighted by atomic mass is 16.6. The number of hydrogen-bond acceptors (Lipinski definition) is 5. The molecule has 0 aromatic carbocycles. The van der Waals surface area contributed by atoms with Gasteiger partial charge >= 0.3 is 6.09 Å². The van der Waals surface area contributed by atoms with E-state index in [-0.39, 0.29) is 0 Å². The average Bonchev–Trinajstić information content (AvgIpc) is 2.95. The van der Waals surface area contributed by atoms with Crippen molar-refractivity contribution in [2.75, 3.05) is 20.1 Å². The van der Waals surface area contributed by atoms with Crippen LogP contribution in [0, 0.1) is 0 Å². The molecule has 9 nitrogen and oxygen atoms in total. The van der Waals surface area contributed by atoms with Gasteiger partial charge in [0, 0.05) is 26.7 Å². The molecule has 0 unspecified atom stereocenters. The molecule has 3 N–H and O–H groups in total. The van der Waals surface area contributed by atoms with Crippen LogP contribution in [0.2, 0.25) is 0 Å². The average molecular weight is 339 g/mol. The van der Waals surface area contributed by atoms with E-state index in [2.05, 4.69) is 31.1 Å². The van der Waals surface area contributed by atoms with E-state index in [1.807, 2.05) is 32.3 Å². The Morgan fingerprint density at radius 2 is 2.00 bits per heavy atom. The normalized spacial score (nSPS) is 12.0. The summed E-state index contributed by atoms with van der Waals surface area (Å²) < 4.78 is 7.13. The van der Waals surface area contributed by atoms with Gasteiger partial charge in [-0.15, -0.1) is 10.2 Å². The summed E-state index contributed by atoms with van der Waals surface area (Å²) >= 11 is 0. The second-order valence-electron chi connectivity index (χ2n) is 6.17. The molecule has 1 rings (SSSR count). The minimum atomic E-state index is -0.479. The number of aromatic nitrogens is 3. The first-order valence-electron chi connectivity index (χ1n) is 8.13. The highest BCUT2D eigenvalue weighted by Gasteiger charge is 2.15. The van der Waals surface area contributed by atoms with Crippen LogP contribution in [0.5, 0.6) is 0 Å². The monoisotopic (exact) mass is 339 g/mol. The maximum atomic E-state index is 11.5. The molecule has 1 aromatic rings. The Hall–Kier alpha value is -2.32. The Kier molecular flexibility index (Phi) is 8.00. The highest BCUT2D eigenvalue weighted by molar-refractivity contribution is 5.79. The Bertz CT molecular complexity index is 534. The molecule has 24 heavy (non-hydrogen) atoms. The van der Waals surface area contributed by atoms with Gasteiger partial charge in [0.2, 0.25) is 0 Å². The fourth-order valence-electron chi connectivity index (χ4n) is 1.86. The van der Waals surface area contributed by atoms with Crippen molar-refractivity contribution in [3.8, 4) is 0 Å². The molecule has 0 bridgehead atoms. The molecular formula is C15H29N7O2. The number of alkyl carbamates (subject to hydrolysis) is 1. The number of amides is 1. The number of hydrogen-bond donors (Lipinski definition) is 3. The van der Waals surface area contributed by atoms with E-state index in [0.29, 0.717) is 25.6 Å². The summed E-state index contributed by atoms with van der Waals surface area (Å²) in [7, 11) is 1.71. The van der Waals surface area contributed by atoms with Crippen LogP contribution in [0.15, 0.2) is 11.3 Å². The summed E-state index contributed by atoms with van der Waals surface area (Å²) in [4.78, 5) is 15.7. The summed E-state index contributed by atoms with van der Waals surface area (Å²) in [5.74, 6) is 1.53. The molecule has 0 aliphatic rings. The first kappa shape index (κ1) is 19.7. The first-order chi connectivity index (χ1) is 11.4. The lowest BCUT2D eigenvalue weighted by molar-refractivity contribution is 0.0527. The lowest BCUT2D eigenvalue weighted by Crippen LogP contribution is -2.39. The molecule has 1 amide bonds. The van der Waals surface area contributed by atoms with Gasteiger partial charge in [-0.05, 0) is 34.1 Å². The van der Waals surface area contributed by atoms with E-state index >= 15 is 0 Å². The van der Waals surface area contributed by atoms with Crippen LogP contribution in [-0.4, -0.2) is 52.6 Å². The van der Waals surface area contributed by atoms with Gasteiger partial charge in [-0.2, -0.15) is 0 Å². The van der Waals surface area contributed by atoms with Gasteiger partial charge in [-0.3, -0.25) is 4.99 Å². The smallest absolute Gasteiger partial charge is 0.407 e. The molecule has 1 heterocycles. The van der Waals surface area contributed by atoms with Gasteiger partial charge in [0.25, 0.3) is 0 Å². The van der Waals surface area contributed by atoms with Gasteiger partial charge in [0.1, 0.15) is 11.9 Å². The minimum absolute atomic E-state index is 0.399. The molecule has 0 radical (unpaired) electrons. The van der Waals surface area contributed by atoms with Crippen molar-refractivity contribution in [1.29, 1.82) is 0 Å². The Morgan fingerprint density at radius 3 is 2.62 bits per heavy atom. The number of carbonyl (C=O) groups excluding carboxylic acids is 1. The van der Waals surface area contributed by atoms with E-state index in [1.54, 1.807) is 13.4 Å². The lowest BCUT2D eigenvalue weighted by Gasteiger charge is -2.19. The molecular weight excluding hydrogens is 310 g/mol. The maximum absolute atomic E-state index is 11.5. The van der Waals surface area contributed by atoms with Crippen molar-refractivity contribution in [3.05, 3.63) is 12.2 Å². The molecule has 136 valence electrons. The number of nitrogens with one attached hydrogen (secondary N) is 3. The molecule has 9 heteroatoms. The summed E-state index contributed by atoms with van der Waals surface area (Å²) in [6, 6.07) is 0. The third-order valence-electron chi connectivity index (χ3n) is 2.99. The molecule has 0 aliphatic carbocycles. The predicted molar refractivity (Wildman–Crippen MR) is 92.8 cm³/mol. The fraction of sp³-hybridized carbons (Fsp3) is 0.733. The summed E-state index contributed by atoms with van der Waals surface area (Å²) in [5.41, 5.74) is -0.479. The third kappa shape index (κ3) is 7.80. The molecule has 0 aliphatic heterocycles. The molecule has 0 saturated heterocycles. The molecule has 0 spiro atoms. The van der Waals surface area contributed by atoms with E-state index < -0.39 is 11.7 Å². The van der Waals surface area contributed by atoms with Crippen LogP contribution in [-0.2, 0) is 17.8 Å². The lowest BCUT2D eigenvalue weighted by atomic mass is 10.2. The Balaban J connectivity index is 2.20. The zero-order chi connectivity index (χ0) is 18.0. The number of rotatable bonds is 7. The van der Waals surface area contributed by atoms with Crippen LogP contribution in [0.3, 0.4) is 0 Å². The van der Waals surface area contributed by atoms with Crippen LogP contribution >= 0.6 is 0 Å². The number of carbonyl (C=O) groups is 1. The van der Waals surface area contributed by atoms with Crippen molar-refractivity contribution >= 4 is 12.1 Å². The molecule has 0 fully saturated rings. The number of aliphatic imine (C=N–C) groups is 1. The molecule has 0 atom stereocenters. The van der Waals surface area contributed by atoms with E-state index in [9.17, 15) is 4.79 Å². The zero-order valence-electron chi connectivity index (χ0n) is 15.2. The van der Waals surface area contributed by atoms with E-state index in [0.717, 1.165) is 18.8 Å². The van der Waals surface area contributed by atoms with Crippen LogP contribution < -0.4 is 16.0 Å². The Morgan fingerprint density at radius 1 is 1.29 bits per heavy atom. The van der Waals surface area contributed by atoms with Gasteiger partial charge in [-0.1, -0.05) is 0 Å².